The number of nitro groups is 1. The number of amides is 2. The van der Waals surface area contributed by atoms with Crippen molar-refractivity contribution in [2.24, 2.45) is 5.92 Å². The van der Waals surface area contributed by atoms with E-state index in [0.717, 1.165) is 11.3 Å². The number of rotatable bonds is 5. The smallest absolute Gasteiger partial charge is 0.271 e. The van der Waals surface area contributed by atoms with Gasteiger partial charge in [-0.15, -0.1) is 0 Å². The number of nitrogens with zero attached hydrogens (tertiary/aromatic N) is 2. The topological polar surface area (TPSA) is 102 Å². The van der Waals surface area contributed by atoms with Gasteiger partial charge in [-0.25, -0.2) is 0 Å². The van der Waals surface area contributed by atoms with Gasteiger partial charge in [0.05, 0.1) is 23.6 Å². The third kappa shape index (κ3) is 3.89. The molecule has 2 amide bonds. The first kappa shape index (κ1) is 18.4. The van der Waals surface area contributed by atoms with Gasteiger partial charge in [0.25, 0.3) is 5.69 Å². The maximum absolute atomic E-state index is 12.6. The monoisotopic (exact) mass is 369 g/mol. The quantitative estimate of drug-likeness (QED) is 0.645. The average molecular weight is 369 g/mol. The molecule has 0 bridgehead atoms. The highest BCUT2D eigenvalue weighted by Crippen LogP contribution is 2.31. The molecule has 0 aromatic heterocycles. The minimum Gasteiger partial charge on any atom is -0.495 e. The van der Waals surface area contributed by atoms with E-state index in [-0.39, 0.29) is 36.2 Å². The molecule has 2 aromatic carbocycles. The number of carbonyl (C=O) groups is 2. The van der Waals surface area contributed by atoms with Gasteiger partial charge in [0, 0.05) is 30.8 Å². The fourth-order valence-corrected chi connectivity index (χ4v) is 3.07. The lowest BCUT2D eigenvalue weighted by molar-refractivity contribution is -0.384. The van der Waals surface area contributed by atoms with Crippen LogP contribution in [-0.4, -0.2) is 30.4 Å². The molecule has 1 atom stereocenters. The van der Waals surface area contributed by atoms with Gasteiger partial charge in [-0.1, -0.05) is 12.1 Å². The minimum absolute atomic E-state index is 0.0804. The van der Waals surface area contributed by atoms with Crippen molar-refractivity contribution in [2.45, 2.75) is 13.3 Å². The highest BCUT2D eigenvalue weighted by atomic mass is 16.6. The lowest BCUT2D eigenvalue weighted by atomic mass is 10.1. The molecule has 3 rings (SSSR count). The Morgan fingerprint density at radius 1 is 1.30 bits per heavy atom. The van der Waals surface area contributed by atoms with Crippen LogP contribution in [0.5, 0.6) is 5.75 Å². The Balaban J connectivity index is 1.77. The van der Waals surface area contributed by atoms with E-state index in [4.69, 9.17) is 4.74 Å². The second-order valence-corrected chi connectivity index (χ2v) is 6.38. The highest BCUT2D eigenvalue weighted by Gasteiger charge is 2.35. The van der Waals surface area contributed by atoms with Crippen LogP contribution in [0.4, 0.5) is 17.1 Å². The average Bonchev–Trinajstić information content (AvgIpc) is 3.03. The zero-order chi connectivity index (χ0) is 19.6. The van der Waals surface area contributed by atoms with E-state index in [9.17, 15) is 19.7 Å². The number of nitrogens with one attached hydrogen (secondary N) is 1. The Morgan fingerprint density at radius 2 is 2.07 bits per heavy atom. The molecule has 8 nitrogen and oxygen atoms in total. The zero-order valence-corrected chi connectivity index (χ0v) is 15.0. The number of carbonyl (C=O) groups excluding carboxylic acids is 2. The Bertz CT molecular complexity index is 912. The maximum atomic E-state index is 12.6. The fraction of sp³-hybridized carbons (Fsp3) is 0.263. The lowest BCUT2D eigenvalue weighted by Crippen LogP contribution is -2.28. The van der Waals surface area contributed by atoms with Crippen LogP contribution in [0.25, 0.3) is 0 Å². The van der Waals surface area contributed by atoms with E-state index < -0.39 is 10.8 Å². The first-order valence-electron chi connectivity index (χ1n) is 8.39. The molecule has 0 radical (unpaired) electrons. The third-order valence-electron chi connectivity index (χ3n) is 4.46. The Hall–Kier alpha value is -3.42. The summed E-state index contributed by atoms with van der Waals surface area (Å²) in [6.07, 6.45) is 0.0804. The number of hydrogen-bond donors (Lipinski definition) is 1. The van der Waals surface area contributed by atoms with E-state index in [1.807, 2.05) is 31.2 Å². The van der Waals surface area contributed by atoms with Crippen LogP contribution in [0.15, 0.2) is 42.5 Å². The van der Waals surface area contributed by atoms with Crippen molar-refractivity contribution < 1.29 is 19.2 Å². The van der Waals surface area contributed by atoms with Gasteiger partial charge in [0.1, 0.15) is 5.75 Å². The highest BCUT2D eigenvalue weighted by molar-refractivity contribution is 6.04. The van der Waals surface area contributed by atoms with E-state index in [0.29, 0.717) is 5.75 Å². The second kappa shape index (κ2) is 7.45. The summed E-state index contributed by atoms with van der Waals surface area (Å²) in [6.45, 7) is 2.19. The summed E-state index contributed by atoms with van der Waals surface area (Å²) in [4.78, 5) is 37.0. The molecular weight excluding hydrogens is 350 g/mol. The number of nitro benzene ring substituents is 1. The molecule has 8 heteroatoms. The molecule has 1 N–H and O–H groups in total. The Labute approximate surface area is 155 Å². The first-order valence-corrected chi connectivity index (χ1v) is 8.39. The Kier molecular flexibility index (Phi) is 5.07. The molecule has 27 heavy (non-hydrogen) atoms. The predicted molar refractivity (Wildman–Crippen MR) is 99.9 cm³/mol. The molecule has 1 heterocycles. The van der Waals surface area contributed by atoms with Gasteiger partial charge >= 0.3 is 0 Å². The van der Waals surface area contributed by atoms with Crippen molar-refractivity contribution in [3.8, 4) is 5.75 Å². The van der Waals surface area contributed by atoms with E-state index >= 15 is 0 Å². The molecule has 0 aliphatic carbocycles. The van der Waals surface area contributed by atoms with Gasteiger partial charge in [-0.2, -0.15) is 0 Å². The number of anilines is 2. The zero-order valence-electron chi connectivity index (χ0n) is 15.0. The molecular formula is C19H19N3O5. The van der Waals surface area contributed by atoms with Crippen molar-refractivity contribution in [2.75, 3.05) is 23.9 Å². The number of methoxy groups -OCH3 is 1. The van der Waals surface area contributed by atoms with Gasteiger partial charge in [0.15, 0.2) is 0 Å². The number of benzene rings is 2. The lowest BCUT2D eigenvalue weighted by Gasteiger charge is -2.17. The molecule has 1 saturated heterocycles. The summed E-state index contributed by atoms with van der Waals surface area (Å²) < 4.78 is 5.15. The molecule has 1 aliphatic heterocycles. The van der Waals surface area contributed by atoms with E-state index in [1.165, 1.54) is 25.3 Å². The van der Waals surface area contributed by atoms with Crippen LogP contribution in [0.1, 0.15) is 12.0 Å². The molecule has 1 aliphatic rings. The standard InChI is InChI=1S/C19H19N3O5/c1-12-4-3-5-14(8-12)21-11-13(9-18(21)23)19(24)20-16-10-15(22(25)26)6-7-17(16)27-2/h3-8,10,13H,9,11H2,1-2H3,(H,20,24). The van der Waals surface area contributed by atoms with Crippen LogP contribution in [0.2, 0.25) is 0 Å². The number of hydrogen-bond acceptors (Lipinski definition) is 5. The SMILES string of the molecule is COc1ccc([N+](=O)[O-])cc1NC(=O)C1CC(=O)N(c2cccc(C)c2)C1. The summed E-state index contributed by atoms with van der Waals surface area (Å²) in [6, 6.07) is 11.5. The van der Waals surface area contributed by atoms with Gasteiger partial charge in [-0.3, -0.25) is 19.7 Å². The van der Waals surface area contributed by atoms with Crippen molar-refractivity contribution in [3.05, 3.63) is 58.1 Å². The molecule has 2 aromatic rings. The third-order valence-corrected chi connectivity index (χ3v) is 4.46. The van der Waals surface area contributed by atoms with Crippen molar-refractivity contribution in [1.29, 1.82) is 0 Å². The second-order valence-electron chi connectivity index (χ2n) is 6.38. The maximum Gasteiger partial charge on any atom is 0.271 e. The van der Waals surface area contributed by atoms with Crippen LogP contribution < -0.4 is 15.0 Å². The summed E-state index contributed by atoms with van der Waals surface area (Å²) in [7, 11) is 1.41. The molecule has 1 unspecified atom stereocenters. The number of aryl methyl sites for hydroxylation is 1. The predicted octanol–water partition coefficient (Wildman–Crippen LogP) is 2.90. The van der Waals surface area contributed by atoms with Crippen LogP contribution >= 0.6 is 0 Å². The Morgan fingerprint density at radius 3 is 2.74 bits per heavy atom. The van der Waals surface area contributed by atoms with E-state index in [2.05, 4.69) is 5.32 Å². The fourth-order valence-electron chi connectivity index (χ4n) is 3.07. The van der Waals surface area contributed by atoms with Gasteiger partial charge < -0.3 is 15.0 Å². The normalized spacial score (nSPS) is 16.3. The van der Waals surface area contributed by atoms with Crippen LogP contribution in [0.3, 0.4) is 0 Å². The number of ether oxygens (including phenoxy) is 1. The molecule has 0 spiro atoms. The van der Waals surface area contributed by atoms with Crippen molar-refractivity contribution in [1.82, 2.24) is 0 Å². The van der Waals surface area contributed by atoms with Crippen molar-refractivity contribution in [3.63, 3.8) is 0 Å². The molecule has 140 valence electrons. The number of non-ortho nitro benzene ring substituents is 1. The van der Waals surface area contributed by atoms with Crippen LogP contribution in [0, 0.1) is 23.0 Å². The minimum atomic E-state index is -0.554. The molecule has 1 fully saturated rings. The molecule has 0 saturated carbocycles. The summed E-state index contributed by atoms with van der Waals surface area (Å²) in [5, 5.41) is 13.6. The van der Waals surface area contributed by atoms with Gasteiger partial charge in [-0.05, 0) is 30.7 Å². The van der Waals surface area contributed by atoms with Crippen LogP contribution in [-0.2, 0) is 9.59 Å². The first-order chi connectivity index (χ1) is 12.9. The summed E-state index contributed by atoms with van der Waals surface area (Å²) >= 11 is 0. The van der Waals surface area contributed by atoms with Gasteiger partial charge in [0.2, 0.25) is 11.8 Å². The van der Waals surface area contributed by atoms with E-state index in [1.54, 1.807) is 4.90 Å². The summed E-state index contributed by atoms with van der Waals surface area (Å²) in [5.41, 5.74) is 1.82. The van der Waals surface area contributed by atoms with Crippen molar-refractivity contribution >= 4 is 28.9 Å². The largest absolute Gasteiger partial charge is 0.495 e. The summed E-state index contributed by atoms with van der Waals surface area (Å²) in [5.74, 6) is -0.750.